The molecule has 0 fully saturated rings. The van der Waals surface area contributed by atoms with Crippen LogP contribution < -0.4 is 5.73 Å². The van der Waals surface area contributed by atoms with Gasteiger partial charge in [0.05, 0.1) is 22.1 Å². The van der Waals surface area contributed by atoms with Gasteiger partial charge >= 0.3 is 0 Å². The van der Waals surface area contributed by atoms with Crippen molar-refractivity contribution in [2.24, 2.45) is 0 Å². The van der Waals surface area contributed by atoms with Crippen LogP contribution in [0.15, 0.2) is 77.7 Å². The van der Waals surface area contributed by atoms with Crippen LogP contribution in [-0.2, 0) is 4.74 Å². The zero-order valence-corrected chi connectivity index (χ0v) is 19.1. The lowest BCUT2D eigenvalue weighted by Crippen LogP contribution is -2.05. The van der Waals surface area contributed by atoms with E-state index in [2.05, 4.69) is 31.0 Å². The molecule has 4 aromatic heterocycles. The molecule has 3 N–H and O–H groups in total. The van der Waals surface area contributed by atoms with Crippen molar-refractivity contribution in [1.29, 1.82) is 0 Å². The first-order valence-corrected chi connectivity index (χ1v) is 10.9. The van der Waals surface area contributed by atoms with Crippen LogP contribution in [0.25, 0.3) is 39.4 Å². The molecular weight excluding hydrogens is 484 g/mol. The fourth-order valence-electron chi connectivity index (χ4n) is 3.53. The molecule has 1 atom stereocenters. The van der Waals surface area contributed by atoms with E-state index in [0.29, 0.717) is 32.9 Å². The Bertz CT molecular complexity index is 1420. The number of nitrogens with zero attached hydrogens (tertiary/aromatic N) is 5. The van der Waals surface area contributed by atoms with Gasteiger partial charge in [-0.25, -0.2) is 4.98 Å². The van der Waals surface area contributed by atoms with Crippen LogP contribution in [0.3, 0.4) is 0 Å². The fourth-order valence-corrected chi connectivity index (χ4v) is 3.99. The summed E-state index contributed by atoms with van der Waals surface area (Å²) in [5.74, 6) is 0.401. The summed E-state index contributed by atoms with van der Waals surface area (Å²) >= 11 is 3.53. The number of nitrogens with two attached hydrogens (primary N) is 1. The Morgan fingerprint density at radius 2 is 1.70 bits per heavy atom. The van der Waals surface area contributed by atoms with E-state index in [4.69, 9.17) is 15.5 Å². The number of benzene rings is 1. The normalized spacial score (nSPS) is 12.2. The van der Waals surface area contributed by atoms with Crippen molar-refractivity contribution in [1.82, 2.24) is 24.6 Å². The molecule has 0 aliphatic rings. The Balaban J connectivity index is 1.57. The van der Waals surface area contributed by atoms with Gasteiger partial charge in [-0.1, -0.05) is 42.5 Å². The number of halogens is 1. The van der Waals surface area contributed by atoms with Gasteiger partial charge in [-0.2, -0.15) is 9.61 Å². The number of rotatable bonds is 5. The SMILES string of the molecule is COC(O)c1ccc(-c2nc3c(-c4ccc(-c5ccccc5)nc4)cnn3c(N)c2Br)nc1. The first kappa shape index (κ1) is 21.2. The summed E-state index contributed by atoms with van der Waals surface area (Å²) in [6.07, 6.45) is 4.03. The lowest BCUT2D eigenvalue weighted by atomic mass is 10.1. The third kappa shape index (κ3) is 3.86. The third-order valence-corrected chi connectivity index (χ3v) is 6.09. The van der Waals surface area contributed by atoms with Gasteiger partial charge in [0.25, 0.3) is 0 Å². The van der Waals surface area contributed by atoms with Crippen molar-refractivity contribution in [3.05, 3.63) is 83.2 Å². The molecule has 9 heteroatoms. The maximum Gasteiger partial charge on any atom is 0.182 e. The number of ether oxygens (including phenoxy) is 1. The molecule has 0 radical (unpaired) electrons. The molecule has 0 amide bonds. The highest BCUT2D eigenvalue weighted by molar-refractivity contribution is 9.10. The molecule has 1 aromatic carbocycles. The molecule has 164 valence electrons. The van der Waals surface area contributed by atoms with E-state index in [1.54, 1.807) is 35.2 Å². The topological polar surface area (TPSA) is 111 Å². The number of nitrogen functional groups attached to an aromatic ring is 1. The van der Waals surface area contributed by atoms with Crippen molar-refractivity contribution >= 4 is 27.4 Å². The van der Waals surface area contributed by atoms with E-state index in [-0.39, 0.29) is 0 Å². The van der Waals surface area contributed by atoms with Gasteiger partial charge in [0.15, 0.2) is 11.9 Å². The number of methoxy groups -OCH3 is 1. The van der Waals surface area contributed by atoms with Crippen LogP contribution in [0.5, 0.6) is 0 Å². The second-order valence-electron chi connectivity index (χ2n) is 7.32. The number of aliphatic hydroxyl groups is 1. The molecule has 0 saturated heterocycles. The summed E-state index contributed by atoms with van der Waals surface area (Å²) in [7, 11) is 1.42. The van der Waals surface area contributed by atoms with Crippen molar-refractivity contribution in [3.8, 4) is 33.8 Å². The van der Waals surface area contributed by atoms with Crippen LogP contribution >= 0.6 is 15.9 Å². The summed E-state index contributed by atoms with van der Waals surface area (Å²) in [4.78, 5) is 13.8. The average molecular weight is 503 g/mol. The van der Waals surface area contributed by atoms with E-state index in [1.807, 2.05) is 42.5 Å². The maximum absolute atomic E-state index is 9.83. The van der Waals surface area contributed by atoms with Crippen LogP contribution in [-0.4, -0.2) is 36.8 Å². The molecule has 0 saturated carbocycles. The van der Waals surface area contributed by atoms with Gasteiger partial charge in [-0.15, -0.1) is 0 Å². The van der Waals surface area contributed by atoms with Gasteiger partial charge in [0.1, 0.15) is 11.5 Å². The smallest absolute Gasteiger partial charge is 0.182 e. The minimum absolute atomic E-state index is 0.401. The number of hydrogen-bond acceptors (Lipinski definition) is 7. The zero-order valence-electron chi connectivity index (χ0n) is 17.6. The van der Waals surface area contributed by atoms with Crippen molar-refractivity contribution in [2.45, 2.75) is 6.29 Å². The quantitative estimate of drug-likeness (QED) is 0.340. The first-order valence-electron chi connectivity index (χ1n) is 10.1. The minimum atomic E-state index is -1.04. The number of fused-ring (bicyclic) bond motifs is 1. The molecule has 5 aromatic rings. The number of pyridine rings is 2. The molecule has 4 heterocycles. The summed E-state index contributed by atoms with van der Waals surface area (Å²) in [5, 5.41) is 14.3. The number of aliphatic hydroxyl groups excluding tert-OH is 1. The predicted molar refractivity (Wildman–Crippen MR) is 129 cm³/mol. The van der Waals surface area contributed by atoms with Gasteiger partial charge in [0.2, 0.25) is 0 Å². The van der Waals surface area contributed by atoms with Crippen LogP contribution in [0.2, 0.25) is 0 Å². The lowest BCUT2D eigenvalue weighted by Gasteiger charge is -2.11. The monoisotopic (exact) mass is 502 g/mol. The molecule has 8 nitrogen and oxygen atoms in total. The van der Waals surface area contributed by atoms with Crippen LogP contribution in [0.4, 0.5) is 5.82 Å². The van der Waals surface area contributed by atoms with Crippen molar-refractivity contribution in [2.75, 3.05) is 12.8 Å². The Hall–Kier alpha value is -3.66. The second kappa shape index (κ2) is 8.70. The van der Waals surface area contributed by atoms with E-state index >= 15 is 0 Å². The summed E-state index contributed by atoms with van der Waals surface area (Å²) < 4.78 is 7.09. The molecule has 0 bridgehead atoms. The molecule has 0 aliphatic carbocycles. The molecule has 0 spiro atoms. The number of aromatic nitrogens is 5. The highest BCUT2D eigenvalue weighted by Gasteiger charge is 2.19. The summed E-state index contributed by atoms with van der Waals surface area (Å²) in [6.45, 7) is 0. The second-order valence-corrected chi connectivity index (χ2v) is 8.11. The first-order chi connectivity index (χ1) is 16.1. The van der Waals surface area contributed by atoms with Gasteiger partial charge in [-0.05, 0) is 28.1 Å². The van der Waals surface area contributed by atoms with E-state index < -0.39 is 6.29 Å². The summed E-state index contributed by atoms with van der Waals surface area (Å²) in [6, 6.07) is 17.4. The molecule has 33 heavy (non-hydrogen) atoms. The number of hydrogen-bond donors (Lipinski definition) is 2. The largest absolute Gasteiger partial charge is 0.383 e. The Morgan fingerprint density at radius 3 is 2.36 bits per heavy atom. The highest BCUT2D eigenvalue weighted by Crippen LogP contribution is 2.34. The molecule has 0 aliphatic heterocycles. The summed E-state index contributed by atoms with van der Waals surface area (Å²) in [5.41, 5.74) is 12.2. The number of anilines is 1. The fraction of sp³-hybridized carbons (Fsp3) is 0.0833. The van der Waals surface area contributed by atoms with Crippen LogP contribution in [0, 0.1) is 0 Å². The Kier molecular flexibility index (Phi) is 5.59. The average Bonchev–Trinajstić information content (AvgIpc) is 3.30. The Morgan fingerprint density at radius 1 is 0.939 bits per heavy atom. The van der Waals surface area contributed by atoms with Gasteiger partial charge in [0, 0.05) is 41.8 Å². The third-order valence-electron chi connectivity index (χ3n) is 5.30. The maximum atomic E-state index is 9.83. The van der Waals surface area contributed by atoms with Gasteiger partial charge in [-0.3, -0.25) is 9.97 Å². The standard InChI is InChI=1S/C24H19BrN6O2/c1-33-24(32)16-8-10-19(28-12-16)21-20(25)22(26)31-23(30-21)17(13-29-31)15-7-9-18(27-11-15)14-5-3-2-4-6-14/h2-13,24,32H,26H2,1H3. The molecular formula is C24H19BrN6O2. The van der Waals surface area contributed by atoms with Crippen molar-refractivity contribution < 1.29 is 9.84 Å². The van der Waals surface area contributed by atoms with E-state index in [0.717, 1.165) is 22.4 Å². The van der Waals surface area contributed by atoms with Gasteiger partial charge < -0.3 is 15.6 Å². The van der Waals surface area contributed by atoms with E-state index in [9.17, 15) is 5.11 Å². The Labute approximate surface area is 197 Å². The highest BCUT2D eigenvalue weighted by atomic mass is 79.9. The van der Waals surface area contributed by atoms with E-state index in [1.165, 1.54) is 7.11 Å². The minimum Gasteiger partial charge on any atom is -0.383 e. The molecule has 1 unspecified atom stereocenters. The zero-order chi connectivity index (χ0) is 22.9. The lowest BCUT2D eigenvalue weighted by molar-refractivity contribution is -0.0771. The van der Waals surface area contributed by atoms with Crippen LogP contribution in [0.1, 0.15) is 11.9 Å². The predicted octanol–water partition coefficient (Wildman–Crippen LogP) is 4.50. The molecule has 5 rings (SSSR count). The van der Waals surface area contributed by atoms with Crippen molar-refractivity contribution in [3.63, 3.8) is 0 Å².